The van der Waals surface area contributed by atoms with Crippen LogP contribution in [0.2, 0.25) is 0 Å². The van der Waals surface area contributed by atoms with E-state index in [9.17, 15) is 4.79 Å². The predicted octanol–water partition coefficient (Wildman–Crippen LogP) is 3.20. The SMILES string of the molecule is Cl.Cl.O=C(Nc1ccc(CCN2CCSCC2)cc1)[C@H]1CCCCN1. The van der Waals surface area contributed by atoms with Crippen LogP contribution in [0.5, 0.6) is 0 Å². The molecule has 1 aromatic carbocycles. The largest absolute Gasteiger partial charge is 0.325 e. The fourth-order valence-electron chi connectivity index (χ4n) is 3.17. The van der Waals surface area contributed by atoms with E-state index in [-0.39, 0.29) is 36.8 Å². The number of rotatable bonds is 5. The number of halogens is 2. The van der Waals surface area contributed by atoms with Gasteiger partial charge in [-0.15, -0.1) is 24.8 Å². The van der Waals surface area contributed by atoms with Crippen LogP contribution in [0.15, 0.2) is 24.3 Å². The zero-order valence-electron chi connectivity index (χ0n) is 14.5. The Morgan fingerprint density at radius 2 is 1.88 bits per heavy atom. The van der Waals surface area contributed by atoms with Crippen LogP contribution >= 0.6 is 36.6 Å². The van der Waals surface area contributed by atoms with Crippen molar-refractivity contribution in [2.45, 2.75) is 31.7 Å². The van der Waals surface area contributed by atoms with E-state index in [0.29, 0.717) is 0 Å². The Kier molecular flexibility index (Phi) is 10.9. The lowest BCUT2D eigenvalue weighted by Gasteiger charge is -2.26. The van der Waals surface area contributed by atoms with Crippen molar-refractivity contribution in [1.29, 1.82) is 0 Å². The maximum Gasteiger partial charge on any atom is 0.241 e. The van der Waals surface area contributed by atoms with Crippen molar-refractivity contribution in [2.75, 3.05) is 43.0 Å². The Morgan fingerprint density at radius 3 is 2.52 bits per heavy atom. The monoisotopic (exact) mass is 405 g/mol. The van der Waals surface area contributed by atoms with Gasteiger partial charge in [0.15, 0.2) is 0 Å². The molecule has 2 saturated heterocycles. The Labute approximate surface area is 167 Å². The summed E-state index contributed by atoms with van der Waals surface area (Å²) in [4.78, 5) is 14.7. The van der Waals surface area contributed by atoms with Crippen molar-refractivity contribution < 1.29 is 4.79 Å². The summed E-state index contributed by atoms with van der Waals surface area (Å²) in [6.45, 7) is 4.52. The molecule has 7 heteroatoms. The number of carbonyl (C=O) groups excluding carboxylic acids is 1. The average molecular weight is 406 g/mol. The summed E-state index contributed by atoms with van der Waals surface area (Å²) in [5.74, 6) is 2.63. The third-order valence-corrected chi connectivity index (χ3v) is 5.61. The number of nitrogens with one attached hydrogen (secondary N) is 2. The Bertz CT molecular complexity index is 504. The van der Waals surface area contributed by atoms with Crippen LogP contribution in [0.25, 0.3) is 0 Å². The molecule has 1 atom stereocenters. The topological polar surface area (TPSA) is 44.4 Å². The van der Waals surface area contributed by atoms with Crippen molar-refractivity contribution in [2.24, 2.45) is 0 Å². The molecule has 1 aromatic rings. The lowest BCUT2D eigenvalue weighted by atomic mass is 10.0. The van der Waals surface area contributed by atoms with E-state index in [1.165, 1.54) is 36.6 Å². The lowest BCUT2D eigenvalue weighted by Crippen LogP contribution is -2.43. The van der Waals surface area contributed by atoms with E-state index in [2.05, 4.69) is 39.4 Å². The molecule has 0 aliphatic carbocycles. The zero-order chi connectivity index (χ0) is 15.9. The summed E-state index contributed by atoms with van der Waals surface area (Å²) in [6, 6.07) is 8.32. The van der Waals surface area contributed by atoms with Gasteiger partial charge in [0.1, 0.15) is 0 Å². The normalized spacial score (nSPS) is 20.9. The zero-order valence-corrected chi connectivity index (χ0v) is 17.0. The summed E-state index contributed by atoms with van der Waals surface area (Å²) >= 11 is 2.05. The third kappa shape index (κ3) is 7.35. The molecule has 2 fully saturated rings. The molecular weight excluding hydrogens is 377 g/mol. The fraction of sp³-hybridized carbons (Fsp3) is 0.611. The maximum absolute atomic E-state index is 12.2. The molecule has 2 heterocycles. The van der Waals surface area contributed by atoms with Gasteiger partial charge in [-0.1, -0.05) is 18.6 Å². The number of piperidine rings is 1. The van der Waals surface area contributed by atoms with Crippen molar-refractivity contribution in [3.8, 4) is 0 Å². The van der Waals surface area contributed by atoms with Gasteiger partial charge in [-0.2, -0.15) is 11.8 Å². The van der Waals surface area contributed by atoms with Crippen LogP contribution in [0.3, 0.4) is 0 Å². The number of anilines is 1. The van der Waals surface area contributed by atoms with E-state index >= 15 is 0 Å². The van der Waals surface area contributed by atoms with E-state index in [1.54, 1.807) is 0 Å². The summed E-state index contributed by atoms with van der Waals surface area (Å²) in [5, 5.41) is 6.32. The molecule has 2 aliphatic rings. The van der Waals surface area contributed by atoms with Crippen molar-refractivity contribution in [3.63, 3.8) is 0 Å². The molecule has 25 heavy (non-hydrogen) atoms. The highest BCUT2D eigenvalue weighted by atomic mass is 35.5. The van der Waals surface area contributed by atoms with Gasteiger partial charge in [-0.05, 0) is 43.5 Å². The minimum absolute atomic E-state index is 0. The van der Waals surface area contributed by atoms with Gasteiger partial charge in [-0.25, -0.2) is 0 Å². The average Bonchev–Trinajstić information content (AvgIpc) is 2.63. The Balaban J connectivity index is 0.00000156. The number of carbonyl (C=O) groups is 1. The molecule has 0 spiro atoms. The Hall–Kier alpha value is -0.460. The highest BCUT2D eigenvalue weighted by Crippen LogP contribution is 2.14. The van der Waals surface area contributed by atoms with E-state index in [1.807, 2.05) is 12.1 Å². The number of hydrogen-bond acceptors (Lipinski definition) is 4. The lowest BCUT2D eigenvalue weighted by molar-refractivity contribution is -0.118. The van der Waals surface area contributed by atoms with Crippen LogP contribution in [-0.2, 0) is 11.2 Å². The first-order valence-electron chi connectivity index (χ1n) is 8.74. The smallest absolute Gasteiger partial charge is 0.241 e. The van der Waals surface area contributed by atoms with Crippen molar-refractivity contribution in [3.05, 3.63) is 29.8 Å². The first-order chi connectivity index (χ1) is 11.3. The molecule has 0 bridgehead atoms. The van der Waals surface area contributed by atoms with Crippen molar-refractivity contribution in [1.82, 2.24) is 10.2 Å². The minimum Gasteiger partial charge on any atom is -0.325 e. The summed E-state index contributed by atoms with van der Waals surface area (Å²) < 4.78 is 0. The number of nitrogens with zero attached hydrogens (tertiary/aromatic N) is 1. The van der Waals surface area contributed by atoms with Crippen LogP contribution in [0.1, 0.15) is 24.8 Å². The highest BCUT2D eigenvalue weighted by molar-refractivity contribution is 7.99. The number of thioether (sulfide) groups is 1. The van der Waals surface area contributed by atoms with Crippen LogP contribution < -0.4 is 10.6 Å². The van der Waals surface area contributed by atoms with Crippen LogP contribution in [0.4, 0.5) is 5.69 Å². The fourth-order valence-corrected chi connectivity index (χ4v) is 4.15. The van der Waals surface area contributed by atoms with Crippen LogP contribution in [0, 0.1) is 0 Å². The standard InChI is InChI=1S/C18H27N3OS.2ClH/c22-18(17-3-1-2-9-19-17)20-16-6-4-15(5-7-16)8-10-21-11-13-23-14-12-21;;/h4-7,17,19H,1-3,8-14H2,(H,20,22);2*1H/t17-;;/m1../s1. The predicted molar refractivity (Wildman–Crippen MR) is 113 cm³/mol. The number of amides is 1. The van der Waals surface area contributed by atoms with E-state index in [0.717, 1.165) is 38.0 Å². The third-order valence-electron chi connectivity index (χ3n) is 4.67. The van der Waals surface area contributed by atoms with Crippen LogP contribution in [-0.4, -0.2) is 54.5 Å². The van der Waals surface area contributed by atoms with E-state index in [4.69, 9.17) is 0 Å². The van der Waals surface area contributed by atoms with Gasteiger partial charge >= 0.3 is 0 Å². The summed E-state index contributed by atoms with van der Waals surface area (Å²) in [5.41, 5.74) is 2.25. The summed E-state index contributed by atoms with van der Waals surface area (Å²) in [6.07, 6.45) is 4.34. The highest BCUT2D eigenvalue weighted by Gasteiger charge is 2.20. The van der Waals surface area contributed by atoms with Gasteiger partial charge < -0.3 is 15.5 Å². The number of hydrogen-bond donors (Lipinski definition) is 2. The molecule has 4 nitrogen and oxygen atoms in total. The first-order valence-corrected chi connectivity index (χ1v) is 9.90. The molecule has 3 rings (SSSR count). The van der Waals surface area contributed by atoms with Gasteiger partial charge in [0.2, 0.25) is 5.91 Å². The molecule has 0 saturated carbocycles. The molecule has 0 radical (unpaired) electrons. The van der Waals surface area contributed by atoms with Gasteiger partial charge in [0.25, 0.3) is 0 Å². The first kappa shape index (κ1) is 22.6. The van der Waals surface area contributed by atoms with Crippen molar-refractivity contribution >= 4 is 48.2 Å². The van der Waals surface area contributed by atoms with Gasteiger partial charge in [-0.3, -0.25) is 4.79 Å². The second kappa shape index (κ2) is 12.0. The second-order valence-electron chi connectivity index (χ2n) is 6.39. The van der Waals surface area contributed by atoms with Gasteiger partial charge in [0.05, 0.1) is 6.04 Å². The second-order valence-corrected chi connectivity index (χ2v) is 7.62. The summed E-state index contributed by atoms with van der Waals surface area (Å²) in [7, 11) is 0. The molecule has 142 valence electrons. The maximum atomic E-state index is 12.2. The van der Waals surface area contributed by atoms with Gasteiger partial charge in [0, 0.05) is 36.8 Å². The molecule has 2 N–H and O–H groups in total. The molecule has 0 unspecified atom stereocenters. The number of benzene rings is 1. The molecule has 2 aliphatic heterocycles. The molecule has 0 aromatic heterocycles. The molecular formula is C18H29Cl2N3OS. The molecule has 1 amide bonds. The van der Waals surface area contributed by atoms with E-state index < -0.39 is 0 Å². The quantitative estimate of drug-likeness (QED) is 0.788. The minimum atomic E-state index is -0.0274. The Morgan fingerprint density at radius 1 is 1.16 bits per heavy atom.